The Morgan fingerprint density at radius 1 is 1.41 bits per heavy atom. The lowest BCUT2D eigenvalue weighted by Gasteiger charge is -2.41. The van der Waals surface area contributed by atoms with Gasteiger partial charge in [-0.1, -0.05) is 19.4 Å². The van der Waals surface area contributed by atoms with Gasteiger partial charge in [-0.25, -0.2) is 0 Å². The molecule has 0 radical (unpaired) electrons. The second kappa shape index (κ2) is 6.42. The molecule has 22 heavy (non-hydrogen) atoms. The van der Waals surface area contributed by atoms with Crippen molar-refractivity contribution in [2.75, 3.05) is 26.1 Å². The monoisotopic (exact) mass is 326 g/mol. The Labute approximate surface area is 133 Å². The zero-order chi connectivity index (χ0) is 15.7. The van der Waals surface area contributed by atoms with Crippen LogP contribution in [-0.4, -0.2) is 45.1 Å². The van der Waals surface area contributed by atoms with Crippen LogP contribution >= 0.6 is 0 Å². The predicted octanol–water partition coefficient (Wildman–Crippen LogP) is 2.26. The van der Waals surface area contributed by atoms with Crippen molar-refractivity contribution in [2.45, 2.75) is 32.6 Å². The van der Waals surface area contributed by atoms with E-state index < -0.39 is 10.1 Å². The summed E-state index contributed by atoms with van der Waals surface area (Å²) < 4.78 is 27.4. The Kier molecular flexibility index (Phi) is 4.71. The standard InChI is InChI=1S/C16H26N2O3S/c1-3-5-13-14-6-4-7-17-16(14)8-12-9-18(10-15(12)13)11-21-22(2,19)20/h4,7,12-15H,3,5-6,8-11H2,1-2H3/t12-,13?,14?,15-/m1/s1. The number of allylic oxidation sites excluding steroid dienone is 1. The minimum Gasteiger partial charge on any atom is -0.279 e. The van der Waals surface area contributed by atoms with Gasteiger partial charge in [-0.3, -0.25) is 14.1 Å². The third-order valence-electron chi connectivity index (χ3n) is 5.34. The van der Waals surface area contributed by atoms with Gasteiger partial charge in [0.2, 0.25) is 0 Å². The number of hydrogen-bond acceptors (Lipinski definition) is 5. The van der Waals surface area contributed by atoms with Gasteiger partial charge < -0.3 is 0 Å². The summed E-state index contributed by atoms with van der Waals surface area (Å²) in [4.78, 5) is 6.80. The molecule has 2 fully saturated rings. The molecular formula is C16H26N2O3S. The van der Waals surface area contributed by atoms with Crippen LogP contribution in [0.15, 0.2) is 17.3 Å². The van der Waals surface area contributed by atoms with Crippen LogP contribution in [0.2, 0.25) is 0 Å². The van der Waals surface area contributed by atoms with E-state index in [4.69, 9.17) is 4.18 Å². The summed E-state index contributed by atoms with van der Waals surface area (Å²) in [6, 6.07) is 0. The summed E-state index contributed by atoms with van der Waals surface area (Å²) in [6.45, 7) is 4.33. The molecule has 3 rings (SSSR count). The van der Waals surface area contributed by atoms with Gasteiger partial charge in [-0.2, -0.15) is 8.42 Å². The van der Waals surface area contributed by atoms with Gasteiger partial charge >= 0.3 is 0 Å². The topological polar surface area (TPSA) is 59.0 Å². The van der Waals surface area contributed by atoms with E-state index in [1.54, 1.807) is 0 Å². The minimum absolute atomic E-state index is 0.195. The smallest absolute Gasteiger partial charge is 0.265 e. The van der Waals surface area contributed by atoms with Gasteiger partial charge in [0.15, 0.2) is 0 Å². The fourth-order valence-corrected chi connectivity index (χ4v) is 4.84. The molecule has 6 heteroatoms. The van der Waals surface area contributed by atoms with E-state index in [2.05, 4.69) is 22.9 Å². The van der Waals surface area contributed by atoms with Crippen LogP contribution < -0.4 is 0 Å². The van der Waals surface area contributed by atoms with Crippen LogP contribution in [-0.2, 0) is 14.3 Å². The highest BCUT2D eigenvalue weighted by Crippen LogP contribution is 2.46. The first-order valence-corrected chi connectivity index (χ1v) is 10.1. The van der Waals surface area contributed by atoms with Crippen molar-refractivity contribution in [3.63, 3.8) is 0 Å². The van der Waals surface area contributed by atoms with E-state index in [0.717, 1.165) is 32.2 Å². The number of rotatable bonds is 5. The molecule has 2 unspecified atom stereocenters. The summed E-state index contributed by atoms with van der Waals surface area (Å²) in [5.74, 6) is 2.53. The summed E-state index contributed by atoms with van der Waals surface area (Å²) in [7, 11) is -3.36. The first-order valence-electron chi connectivity index (χ1n) is 8.26. The number of aliphatic imine (C=N–C) groups is 1. The Bertz CT molecular complexity index is 570. The molecular weight excluding hydrogens is 300 g/mol. The van der Waals surface area contributed by atoms with E-state index in [1.807, 2.05) is 6.20 Å². The van der Waals surface area contributed by atoms with Crippen LogP contribution in [0.25, 0.3) is 0 Å². The van der Waals surface area contributed by atoms with Gasteiger partial charge in [-0.15, -0.1) is 0 Å². The SMILES string of the molecule is CCCC1C2CC=CN=C2C[C@@H]2CN(COS(C)(=O)=O)C[C@@H]12. The number of likely N-dealkylation sites (tertiary alicyclic amines) is 1. The van der Waals surface area contributed by atoms with Crippen molar-refractivity contribution in [3.05, 3.63) is 12.3 Å². The largest absolute Gasteiger partial charge is 0.279 e. The fourth-order valence-electron chi connectivity index (χ4n) is 4.49. The third kappa shape index (κ3) is 3.44. The van der Waals surface area contributed by atoms with Crippen molar-refractivity contribution < 1.29 is 12.6 Å². The van der Waals surface area contributed by atoms with Crippen LogP contribution in [0.5, 0.6) is 0 Å². The first-order chi connectivity index (χ1) is 10.5. The van der Waals surface area contributed by atoms with Crippen molar-refractivity contribution in [1.82, 2.24) is 4.90 Å². The summed E-state index contributed by atoms with van der Waals surface area (Å²) in [5.41, 5.74) is 1.37. The summed E-state index contributed by atoms with van der Waals surface area (Å²) >= 11 is 0. The molecule has 0 amide bonds. The second-order valence-corrected chi connectivity index (χ2v) is 8.56. The van der Waals surface area contributed by atoms with E-state index >= 15 is 0 Å². The van der Waals surface area contributed by atoms with Crippen molar-refractivity contribution in [2.24, 2.45) is 28.7 Å². The van der Waals surface area contributed by atoms with Gasteiger partial charge in [0.25, 0.3) is 10.1 Å². The Morgan fingerprint density at radius 3 is 2.95 bits per heavy atom. The molecule has 1 saturated carbocycles. The maximum absolute atomic E-state index is 11.2. The summed E-state index contributed by atoms with van der Waals surface area (Å²) in [6.07, 6.45) is 9.87. The van der Waals surface area contributed by atoms with E-state index in [-0.39, 0.29) is 6.73 Å². The van der Waals surface area contributed by atoms with Gasteiger partial charge in [0, 0.05) is 30.9 Å². The van der Waals surface area contributed by atoms with Crippen LogP contribution in [0.1, 0.15) is 32.6 Å². The summed E-state index contributed by atoms with van der Waals surface area (Å²) in [5, 5.41) is 0. The molecule has 0 N–H and O–H groups in total. The lowest BCUT2D eigenvalue weighted by atomic mass is 9.64. The predicted molar refractivity (Wildman–Crippen MR) is 87.0 cm³/mol. The first kappa shape index (κ1) is 16.1. The molecule has 2 aliphatic heterocycles. The van der Waals surface area contributed by atoms with Crippen molar-refractivity contribution in [3.8, 4) is 0 Å². The van der Waals surface area contributed by atoms with E-state index in [1.165, 1.54) is 18.6 Å². The quantitative estimate of drug-likeness (QED) is 0.727. The van der Waals surface area contributed by atoms with E-state index in [9.17, 15) is 8.42 Å². The Hall–Kier alpha value is -0.720. The highest BCUT2D eigenvalue weighted by atomic mass is 32.2. The molecule has 0 aromatic rings. The van der Waals surface area contributed by atoms with Crippen LogP contribution in [0.4, 0.5) is 0 Å². The highest BCUT2D eigenvalue weighted by Gasteiger charge is 2.46. The molecule has 0 spiro atoms. The normalized spacial score (nSPS) is 35.1. The highest BCUT2D eigenvalue weighted by molar-refractivity contribution is 7.85. The Morgan fingerprint density at radius 2 is 2.23 bits per heavy atom. The molecule has 124 valence electrons. The van der Waals surface area contributed by atoms with Crippen LogP contribution in [0.3, 0.4) is 0 Å². The minimum atomic E-state index is -3.36. The second-order valence-electron chi connectivity index (χ2n) is 6.92. The number of nitrogens with zero attached hydrogens (tertiary/aromatic N) is 2. The third-order valence-corrected chi connectivity index (χ3v) is 5.87. The lowest BCUT2D eigenvalue weighted by molar-refractivity contribution is 0.144. The fraction of sp³-hybridized carbons (Fsp3) is 0.812. The lowest BCUT2D eigenvalue weighted by Crippen LogP contribution is -2.40. The average Bonchev–Trinajstić information content (AvgIpc) is 2.87. The maximum Gasteiger partial charge on any atom is 0.265 e. The molecule has 0 bridgehead atoms. The van der Waals surface area contributed by atoms with Crippen molar-refractivity contribution in [1.29, 1.82) is 0 Å². The zero-order valence-corrected chi connectivity index (χ0v) is 14.3. The Balaban J connectivity index is 1.71. The van der Waals surface area contributed by atoms with Gasteiger partial charge in [0.1, 0.15) is 6.73 Å². The zero-order valence-electron chi connectivity index (χ0n) is 13.4. The molecule has 2 heterocycles. The van der Waals surface area contributed by atoms with Crippen LogP contribution in [0, 0.1) is 23.7 Å². The maximum atomic E-state index is 11.2. The van der Waals surface area contributed by atoms with Gasteiger partial charge in [0.05, 0.1) is 6.26 Å². The molecule has 3 aliphatic rings. The molecule has 1 aliphatic carbocycles. The number of fused-ring (bicyclic) bond motifs is 2. The molecule has 1 saturated heterocycles. The molecule has 5 nitrogen and oxygen atoms in total. The van der Waals surface area contributed by atoms with Gasteiger partial charge in [-0.05, 0) is 37.0 Å². The molecule has 0 aromatic heterocycles. The van der Waals surface area contributed by atoms with Crippen molar-refractivity contribution >= 4 is 15.8 Å². The van der Waals surface area contributed by atoms with E-state index in [0.29, 0.717) is 23.7 Å². The average molecular weight is 326 g/mol. The number of hydrogen-bond donors (Lipinski definition) is 0. The molecule has 4 atom stereocenters. The molecule has 0 aromatic carbocycles.